The summed E-state index contributed by atoms with van der Waals surface area (Å²) < 4.78 is 11.3. The molecule has 0 saturated heterocycles. The van der Waals surface area contributed by atoms with E-state index in [0.29, 0.717) is 18.1 Å². The van der Waals surface area contributed by atoms with Gasteiger partial charge in [0.2, 0.25) is 11.7 Å². The summed E-state index contributed by atoms with van der Waals surface area (Å²) in [4.78, 5) is 7.94. The monoisotopic (exact) mass is 274 g/mol. The molecule has 0 aliphatic carbocycles. The van der Waals surface area contributed by atoms with E-state index in [-0.39, 0.29) is 17.6 Å². The largest absolute Gasteiger partial charge is 0.475 e. The fraction of sp³-hybridized carbons (Fsp3) is 0.286. The van der Waals surface area contributed by atoms with Crippen LogP contribution in [0.5, 0.6) is 17.4 Å². The summed E-state index contributed by atoms with van der Waals surface area (Å²) in [5, 5.41) is 0. The molecule has 0 bridgehead atoms. The van der Waals surface area contributed by atoms with Gasteiger partial charge in [-0.25, -0.2) is 0 Å². The first-order valence-corrected chi connectivity index (χ1v) is 6.49. The lowest BCUT2D eigenvalue weighted by atomic mass is 10.3. The lowest BCUT2D eigenvalue weighted by molar-refractivity contribution is 0.283. The lowest BCUT2D eigenvalue weighted by Crippen LogP contribution is -2.07. The number of para-hydroxylation sites is 1. The topological polar surface area (TPSA) is 96.3 Å². The molecule has 0 saturated carbocycles. The second kappa shape index (κ2) is 6.60. The molecule has 20 heavy (non-hydrogen) atoms. The third-order valence-corrected chi connectivity index (χ3v) is 2.58. The van der Waals surface area contributed by atoms with Crippen molar-refractivity contribution in [1.29, 1.82) is 0 Å². The summed E-state index contributed by atoms with van der Waals surface area (Å²) in [6.07, 6.45) is 1.93. The molecule has 0 atom stereocenters. The van der Waals surface area contributed by atoms with Gasteiger partial charge in [0.1, 0.15) is 5.75 Å². The average Bonchev–Trinajstić information content (AvgIpc) is 2.44. The molecule has 0 unspecified atom stereocenters. The average molecular weight is 274 g/mol. The van der Waals surface area contributed by atoms with Gasteiger partial charge in [-0.1, -0.05) is 31.5 Å². The van der Waals surface area contributed by atoms with Crippen LogP contribution in [-0.2, 0) is 0 Å². The zero-order chi connectivity index (χ0) is 14.4. The van der Waals surface area contributed by atoms with E-state index in [1.165, 1.54) is 0 Å². The highest BCUT2D eigenvalue weighted by Crippen LogP contribution is 2.35. The van der Waals surface area contributed by atoms with E-state index in [2.05, 4.69) is 16.9 Å². The number of benzene rings is 1. The van der Waals surface area contributed by atoms with Crippen molar-refractivity contribution in [3.8, 4) is 17.4 Å². The minimum Gasteiger partial charge on any atom is -0.475 e. The first kappa shape index (κ1) is 13.9. The molecule has 0 radical (unpaired) electrons. The van der Waals surface area contributed by atoms with Crippen molar-refractivity contribution < 1.29 is 9.47 Å². The molecule has 0 fully saturated rings. The van der Waals surface area contributed by atoms with E-state index in [0.717, 1.165) is 12.8 Å². The highest BCUT2D eigenvalue weighted by atomic mass is 16.5. The second-order valence-corrected chi connectivity index (χ2v) is 4.22. The van der Waals surface area contributed by atoms with Crippen LogP contribution in [0, 0.1) is 0 Å². The first-order chi connectivity index (χ1) is 9.70. The molecule has 6 nitrogen and oxygen atoms in total. The second-order valence-electron chi connectivity index (χ2n) is 4.22. The molecule has 106 valence electrons. The van der Waals surface area contributed by atoms with Crippen LogP contribution in [0.1, 0.15) is 19.8 Å². The predicted octanol–water partition coefficient (Wildman–Crippen LogP) is 2.61. The van der Waals surface area contributed by atoms with Gasteiger partial charge in [0.25, 0.3) is 5.88 Å². The minimum absolute atomic E-state index is 0.0643. The minimum atomic E-state index is 0.0643. The number of aromatic nitrogens is 2. The summed E-state index contributed by atoms with van der Waals surface area (Å²) in [5.41, 5.74) is 11.4. The van der Waals surface area contributed by atoms with Crippen LogP contribution >= 0.6 is 0 Å². The van der Waals surface area contributed by atoms with Gasteiger partial charge in [0, 0.05) is 0 Å². The van der Waals surface area contributed by atoms with E-state index in [1.54, 1.807) is 0 Å². The van der Waals surface area contributed by atoms with Crippen molar-refractivity contribution >= 4 is 11.8 Å². The number of rotatable bonds is 6. The van der Waals surface area contributed by atoms with Crippen LogP contribution in [0.15, 0.2) is 30.3 Å². The fourth-order valence-corrected chi connectivity index (χ4v) is 1.58. The van der Waals surface area contributed by atoms with E-state index in [4.69, 9.17) is 20.9 Å². The van der Waals surface area contributed by atoms with Crippen LogP contribution in [0.2, 0.25) is 0 Å². The Balaban J connectivity index is 2.25. The highest BCUT2D eigenvalue weighted by molar-refractivity contribution is 5.56. The van der Waals surface area contributed by atoms with Gasteiger partial charge in [-0.3, -0.25) is 0 Å². The maximum absolute atomic E-state index is 5.84. The van der Waals surface area contributed by atoms with Gasteiger partial charge in [-0.2, -0.15) is 9.97 Å². The Kier molecular flexibility index (Phi) is 4.60. The molecule has 2 aromatic rings. The van der Waals surface area contributed by atoms with Crippen LogP contribution in [0.25, 0.3) is 0 Å². The zero-order valence-electron chi connectivity index (χ0n) is 11.4. The Hall–Kier alpha value is -2.50. The number of anilines is 2. The normalized spacial score (nSPS) is 10.2. The molecule has 0 aliphatic heterocycles. The molecule has 6 heteroatoms. The third-order valence-electron chi connectivity index (χ3n) is 2.58. The smallest absolute Gasteiger partial charge is 0.264 e. The molecular formula is C14H18N4O2. The number of hydrogen-bond donors (Lipinski definition) is 2. The molecule has 1 heterocycles. The van der Waals surface area contributed by atoms with Crippen molar-refractivity contribution in [2.24, 2.45) is 0 Å². The molecule has 0 aliphatic rings. The van der Waals surface area contributed by atoms with Crippen LogP contribution in [0.4, 0.5) is 11.8 Å². The SMILES string of the molecule is CCCCOc1nc(N)nc(N)c1Oc1ccccc1. The third kappa shape index (κ3) is 3.50. The summed E-state index contributed by atoms with van der Waals surface area (Å²) >= 11 is 0. The van der Waals surface area contributed by atoms with Gasteiger partial charge >= 0.3 is 0 Å². The number of ether oxygens (including phenoxy) is 2. The van der Waals surface area contributed by atoms with Crippen molar-refractivity contribution in [3.63, 3.8) is 0 Å². The maximum Gasteiger partial charge on any atom is 0.264 e. The van der Waals surface area contributed by atoms with Gasteiger partial charge in [0.15, 0.2) is 5.82 Å². The Morgan fingerprint density at radius 2 is 1.85 bits per heavy atom. The van der Waals surface area contributed by atoms with Crippen molar-refractivity contribution in [1.82, 2.24) is 9.97 Å². The Morgan fingerprint density at radius 1 is 1.10 bits per heavy atom. The van der Waals surface area contributed by atoms with Crippen molar-refractivity contribution in [3.05, 3.63) is 30.3 Å². The fourth-order valence-electron chi connectivity index (χ4n) is 1.58. The van der Waals surface area contributed by atoms with Gasteiger partial charge in [0.05, 0.1) is 6.61 Å². The van der Waals surface area contributed by atoms with Crippen LogP contribution in [0.3, 0.4) is 0 Å². The van der Waals surface area contributed by atoms with Gasteiger partial charge < -0.3 is 20.9 Å². The molecule has 0 amide bonds. The summed E-state index contributed by atoms with van der Waals surface area (Å²) in [5.74, 6) is 1.42. The van der Waals surface area contributed by atoms with Crippen molar-refractivity contribution in [2.75, 3.05) is 18.1 Å². The van der Waals surface area contributed by atoms with E-state index < -0.39 is 0 Å². The Labute approximate surface area is 117 Å². The standard InChI is InChI=1S/C14H18N4O2/c1-2-3-9-19-13-11(12(15)17-14(16)18-13)20-10-7-5-4-6-8-10/h4-8H,2-3,9H2,1H3,(H4,15,16,17,18). The number of nitrogen functional groups attached to an aromatic ring is 2. The first-order valence-electron chi connectivity index (χ1n) is 6.49. The summed E-state index contributed by atoms with van der Waals surface area (Å²) in [7, 11) is 0. The van der Waals surface area contributed by atoms with Gasteiger partial charge in [-0.15, -0.1) is 0 Å². The number of unbranched alkanes of at least 4 members (excludes halogenated alkanes) is 1. The van der Waals surface area contributed by atoms with Crippen molar-refractivity contribution in [2.45, 2.75) is 19.8 Å². The Bertz CT molecular complexity index is 561. The predicted molar refractivity (Wildman–Crippen MR) is 77.8 cm³/mol. The summed E-state index contributed by atoms with van der Waals surface area (Å²) in [6, 6.07) is 9.24. The zero-order valence-corrected chi connectivity index (χ0v) is 11.4. The summed E-state index contributed by atoms with van der Waals surface area (Å²) in [6.45, 7) is 2.60. The van der Waals surface area contributed by atoms with E-state index in [9.17, 15) is 0 Å². The van der Waals surface area contributed by atoms with Gasteiger partial charge in [-0.05, 0) is 18.6 Å². The molecule has 1 aromatic heterocycles. The lowest BCUT2D eigenvalue weighted by Gasteiger charge is -2.13. The quantitative estimate of drug-likeness (QED) is 0.786. The number of nitrogens with zero attached hydrogens (tertiary/aromatic N) is 2. The Morgan fingerprint density at radius 3 is 2.55 bits per heavy atom. The number of nitrogens with two attached hydrogens (primary N) is 2. The molecule has 1 aromatic carbocycles. The molecule has 4 N–H and O–H groups in total. The maximum atomic E-state index is 5.84. The number of hydrogen-bond acceptors (Lipinski definition) is 6. The molecular weight excluding hydrogens is 256 g/mol. The molecule has 0 spiro atoms. The van der Waals surface area contributed by atoms with E-state index >= 15 is 0 Å². The van der Waals surface area contributed by atoms with Crippen LogP contribution in [-0.4, -0.2) is 16.6 Å². The highest BCUT2D eigenvalue weighted by Gasteiger charge is 2.15. The molecule has 2 rings (SSSR count). The van der Waals surface area contributed by atoms with E-state index in [1.807, 2.05) is 30.3 Å². The van der Waals surface area contributed by atoms with Crippen LogP contribution < -0.4 is 20.9 Å².